The minimum atomic E-state index is 0.512. The molecule has 0 bridgehead atoms. The number of hydrogen-bond acceptors (Lipinski definition) is 2. The van der Waals surface area contributed by atoms with Gasteiger partial charge in [-0.2, -0.15) is 0 Å². The van der Waals surface area contributed by atoms with E-state index in [1.54, 1.807) is 0 Å². The van der Waals surface area contributed by atoms with Crippen LogP contribution in [-0.2, 0) is 0 Å². The van der Waals surface area contributed by atoms with E-state index in [-0.39, 0.29) is 0 Å². The van der Waals surface area contributed by atoms with Gasteiger partial charge >= 0.3 is 0 Å². The van der Waals surface area contributed by atoms with Crippen LogP contribution in [-0.4, -0.2) is 5.25 Å². The zero-order valence-corrected chi connectivity index (χ0v) is 31.6. The van der Waals surface area contributed by atoms with Crippen molar-refractivity contribution in [2.45, 2.75) is 16.6 Å². The summed E-state index contributed by atoms with van der Waals surface area (Å²) in [5, 5.41) is 8.20. The van der Waals surface area contributed by atoms with Crippen LogP contribution in [0.3, 0.4) is 0 Å². The number of anilines is 3. The molecule has 1 aliphatic carbocycles. The molecule has 56 heavy (non-hydrogen) atoms. The first-order valence-electron chi connectivity index (χ1n) is 19.4. The van der Waals surface area contributed by atoms with Crippen molar-refractivity contribution in [3.63, 3.8) is 0 Å². The highest BCUT2D eigenvalue weighted by Gasteiger charge is 2.30. The second-order valence-corrected chi connectivity index (χ2v) is 16.0. The molecule has 0 radical (unpaired) electrons. The highest BCUT2D eigenvalue weighted by molar-refractivity contribution is 8.01. The number of benzene rings is 9. The molecular formula is C54H37NS. The van der Waals surface area contributed by atoms with Gasteiger partial charge in [0.15, 0.2) is 0 Å². The van der Waals surface area contributed by atoms with E-state index in [4.69, 9.17) is 0 Å². The normalized spacial score (nSPS) is 14.5. The van der Waals surface area contributed by atoms with E-state index in [0.29, 0.717) is 5.25 Å². The van der Waals surface area contributed by atoms with Crippen LogP contribution in [0.5, 0.6) is 0 Å². The summed E-state index contributed by atoms with van der Waals surface area (Å²) in [6, 6.07) is 69.2. The Morgan fingerprint density at radius 1 is 0.429 bits per heavy atom. The van der Waals surface area contributed by atoms with Gasteiger partial charge in [0.1, 0.15) is 0 Å². The fraction of sp³-hybridized carbons (Fsp3) is 0.0370. The number of hydrogen-bond donors (Lipinski definition) is 0. The summed E-state index contributed by atoms with van der Waals surface area (Å²) >= 11 is 2.02. The molecule has 264 valence electrons. The van der Waals surface area contributed by atoms with Crippen LogP contribution >= 0.6 is 11.8 Å². The van der Waals surface area contributed by atoms with E-state index in [0.717, 1.165) is 23.5 Å². The molecule has 2 aliphatic rings. The fourth-order valence-electron chi connectivity index (χ4n) is 8.84. The molecular weight excluding hydrogens is 695 g/mol. The van der Waals surface area contributed by atoms with E-state index in [1.165, 1.54) is 81.7 Å². The third-order valence-corrected chi connectivity index (χ3v) is 13.0. The Morgan fingerprint density at radius 3 is 1.91 bits per heavy atom. The number of thioether (sulfide) groups is 1. The molecule has 9 aromatic carbocycles. The molecule has 11 rings (SSSR count). The molecule has 0 spiro atoms. The van der Waals surface area contributed by atoms with Crippen molar-refractivity contribution in [1.29, 1.82) is 0 Å². The number of allylic oxidation sites excluding steroid dienone is 3. The van der Waals surface area contributed by atoms with Crippen molar-refractivity contribution in [2.24, 2.45) is 0 Å². The molecule has 0 amide bonds. The lowest BCUT2D eigenvalue weighted by atomic mass is 9.91. The number of nitrogens with zero attached hydrogens (tertiary/aromatic N) is 1. The van der Waals surface area contributed by atoms with Crippen molar-refractivity contribution in [2.75, 3.05) is 4.90 Å². The maximum Gasteiger partial charge on any atom is 0.0467 e. The predicted molar refractivity (Wildman–Crippen MR) is 241 cm³/mol. The zero-order chi connectivity index (χ0) is 37.0. The van der Waals surface area contributed by atoms with Gasteiger partial charge in [-0.1, -0.05) is 170 Å². The van der Waals surface area contributed by atoms with E-state index in [1.807, 2.05) is 11.8 Å². The molecule has 9 aromatic rings. The third kappa shape index (κ3) is 5.56. The van der Waals surface area contributed by atoms with Crippen LogP contribution in [0, 0.1) is 0 Å². The quantitative estimate of drug-likeness (QED) is 0.157. The first-order valence-corrected chi connectivity index (χ1v) is 20.3. The molecule has 1 nitrogen and oxygen atoms in total. The smallest absolute Gasteiger partial charge is 0.0467 e. The van der Waals surface area contributed by atoms with E-state index in [9.17, 15) is 0 Å². The molecule has 0 saturated heterocycles. The van der Waals surface area contributed by atoms with Crippen LogP contribution in [0.1, 0.15) is 12.0 Å². The van der Waals surface area contributed by atoms with Crippen molar-refractivity contribution in [1.82, 2.24) is 0 Å². The second kappa shape index (κ2) is 13.6. The van der Waals surface area contributed by atoms with Crippen molar-refractivity contribution >= 4 is 66.7 Å². The van der Waals surface area contributed by atoms with Gasteiger partial charge in [0.05, 0.1) is 0 Å². The summed E-state index contributed by atoms with van der Waals surface area (Å²) in [4.78, 5) is 3.79. The van der Waals surface area contributed by atoms with Crippen LogP contribution < -0.4 is 4.90 Å². The second-order valence-electron chi connectivity index (χ2n) is 14.8. The standard InChI is InChI=1S/C54H37NS/c1-2-11-36(12-3-1)41-15-8-16-44(35-41)55(43-31-25-39(26-32-43)47-20-10-21-51-49-18-6-7-22-52(49)56-54(47)51)42-29-23-38(24-30-42)46-19-9-14-40-28-33-48-45-17-5-4-13-37(45)27-34-50(48)53(40)46/h1-21,23-35,52H,22H2. The van der Waals surface area contributed by atoms with E-state index in [2.05, 4.69) is 211 Å². The van der Waals surface area contributed by atoms with Gasteiger partial charge in [0, 0.05) is 27.2 Å². The van der Waals surface area contributed by atoms with Crippen LogP contribution in [0.25, 0.3) is 71.3 Å². The lowest BCUT2D eigenvalue weighted by Gasteiger charge is -2.26. The van der Waals surface area contributed by atoms with Gasteiger partial charge in [-0.15, -0.1) is 11.8 Å². The molecule has 0 fully saturated rings. The van der Waals surface area contributed by atoms with Crippen LogP contribution in [0.15, 0.2) is 211 Å². The monoisotopic (exact) mass is 731 g/mol. The van der Waals surface area contributed by atoms with Gasteiger partial charge in [-0.05, 0) is 120 Å². The van der Waals surface area contributed by atoms with Crippen molar-refractivity contribution in [3.05, 3.63) is 212 Å². The molecule has 0 saturated carbocycles. The molecule has 2 heteroatoms. The summed E-state index contributed by atoms with van der Waals surface area (Å²) < 4.78 is 0. The molecule has 1 heterocycles. The van der Waals surface area contributed by atoms with Gasteiger partial charge in [0.25, 0.3) is 0 Å². The van der Waals surface area contributed by atoms with Crippen LogP contribution in [0.2, 0.25) is 0 Å². The molecule has 0 aromatic heterocycles. The fourth-order valence-corrected chi connectivity index (χ4v) is 10.3. The Kier molecular flexibility index (Phi) is 7.96. The highest BCUT2D eigenvalue weighted by atomic mass is 32.2. The Labute approximate surface area is 331 Å². The van der Waals surface area contributed by atoms with Crippen molar-refractivity contribution < 1.29 is 0 Å². The Hall–Kier alpha value is -6.61. The predicted octanol–water partition coefficient (Wildman–Crippen LogP) is 15.4. The topological polar surface area (TPSA) is 3.24 Å². The number of rotatable bonds is 6. The largest absolute Gasteiger partial charge is 0.310 e. The minimum absolute atomic E-state index is 0.512. The SMILES string of the molecule is C1=CCC2Sc3c(cccc3-c3ccc(N(c4ccc(-c5cccc6ccc7c8ccccc8ccc7c56)cc4)c4cccc(-c5ccccc5)c4)cc3)C2=C1. The van der Waals surface area contributed by atoms with Gasteiger partial charge in [0.2, 0.25) is 0 Å². The third-order valence-electron chi connectivity index (χ3n) is 11.5. The maximum absolute atomic E-state index is 2.39. The average molecular weight is 732 g/mol. The highest BCUT2D eigenvalue weighted by Crippen LogP contribution is 2.51. The minimum Gasteiger partial charge on any atom is -0.310 e. The maximum atomic E-state index is 2.39. The van der Waals surface area contributed by atoms with Gasteiger partial charge in [-0.25, -0.2) is 0 Å². The Bertz CT molecular complexity index is 3010. The van der Waals surface area contributed by atoms with Crippen LogP contribution in [0.4, 0.5) is 17.1 Å². The molecule has 0 N–H and O–H groups in total. The summed E-state index contributed by atoms with van der Waals surface area (Å²) in [6.45, 7) is 0. The summed E-state index contributed by atoms with van der Waals surface area (Å²) in [7, 11) is 0. The Morgan fingerprint density at radius 2 is 1.07 bits per heavy atom. The molecule has 1 unspecified atom stereocenters. The summed E-state index contributed by atoms with van der Waals surface area (Å²) in [5.41, 5.74) is 13.6. The van der Waals surface area contributed by atoms with E-state index >= 15 is 0 Å². The average Bonchev–Trinajstić information content (AvgIpc) is 3.66. The van der Waals surface area contributed by atoms with Crippen molar-refractivity contribution in [3.8, 4) is 33.4 Å². The summed E-state index contributed by atoms with van der Waals surface area (Å²) in [5.74, 6) is 0. The first kappa shape index (κ1) is 32.8. The zero-order valence-electron chi connectivity index (χ0n) is 30.8. The lowest BCUT2D eigenvalue weighted by Crippen LogP contribution is -2.10. The van der Waals surface area contributed by atoms with Gasteiger partial charge < -0.3 is 4.90 Å². The van der Waals surface area contributed by atoms with E-state index < -0.39 is 0 Å². The summed E-state index contributed by atoms with van der Waals surface area (Å²) in [6.07, 6.45) is 7.90. The van der Waals surface area contributed by atoms with Gasteiger partial charge in [-0.3, -0.25) is 0 Å². The molecule has 1 atom stereocenters. The lowest BCUT2D eigenvalue weighted by molar-refractivity contribution is 1.09. The molecule has 1 aliphatic heterocycles. The Balaban J connectivity index is 1.01. The number of fused-ring (bicyclic) bond motifs is 8. The first-order chi connectivity index (χ1) is 27.8.